The number of rotatable bonds is 3. The molecule has 96 valence electrons. The Labute approximate surface area is 113 Å². The average molecular weight is 252 g/mol. The summed E-state index contributed by atoms with van der Waals surface area (Å²) in [6, 6.07) is 17.1. The highest BCUT2D eigenvalue weighted by Crippen LogP contribution is 2.09. The minimum Gasteiger partial charge on any atom is -0.294 e. The molecule has 0 aliphatic rings. The summed E-state index contributed by atoms with van der Waals surface area (Å²) in [6.07, 6.45) is 1.86. The number of carbonyl (C=O) groups is 2. The fraction of sp³-hybridized carbons (Fsp3) is 0.0588. The molecule has 0 saturated carbocycles. The van der Waals surface area contributed by atoms with Gasteiger partial charge in [-0.25, -0.2) is 0 Å². The number of aryl methyl sites for hydroxylation is 1. The summed E-state index contributed by atoms with van der Waals surface area (Å²) in [7, 11) is 0. The van der Waals surface area contributed by atoms with E-state index in [4.69, 9.17) is 0 Å². The minimum atomic E-state index is -0.509. The molecular weight excluding hydrogens is 236 g/mol. The lowest BCUT2D eigenvalue weighted by atomic mass is 10.0. The van der Waals surface area contributed by atoms with Crippen LogP contribution in [0.4, 0.5) is 0 Å². The Balaban J connectivity index is 0.000000218. The zero-order valence-corrected chi connectivity index (χ0v) is 10.9. The Morgan fingerprint density at radius 1 is 1.00 bits per heavy atom. The van der Waals surface area contributed by atoms with Gasteiger partial charge in [0.15, 0.2) is 6.29 Å². The van der Waals surface area contributed by atoms with Crippen molar-refractivity contribution in [3.63, 3.8) is 0 Å². The standard InChI is InChI=1S/C10H8O2.C7H8/c1-2-8-5-3-4-6-9(8)10(12)7-11;1-7-5-3-2-4-6-7/h2-7H,1H2;2-6H,1H3. The lowest BCUT2D eigenvalue weighted by Crippen LogP contribution is -2.01. The first kappa shape index (κ1) is 14.6. The topological polar surface area (TPSA) is 34.1 Å². The molecule has 0 aliphatic carbocycles. The summed E-state index contributed by atoms with van der Waals surface area (Å²) < 4.78 is 0. The van der Waals surface area contributed by atoms with Gasteiger partial charge in [-0.3, -0.25) is 9.59 Å². The van der Waals surface area contributed by atoms with Gasteiger partial charge in [-0.05, 0) is 12.5 Å². The van der Waals surface area contributed by atoms with Crippen molar-refractivity contribution in [1.29, 1.82) is 0 Å². The molecule has 2 aromatic carbocycles. The molecule has 0 radical (unpaired) electrons. The molecule has 0 atom stereocenters. The molecule has 19 heavy (non-hydrogen) atoms. The normalized spacial score (nSPS) is 8.89. The Bertz CT molecular complexity index is 556. The summed E-state index contributed by atoms with van der Waals surface area (Å²) in [5, 5.41) is 0. The van der Waals surface area contributed by atoms with Crippen LogP contribution in [0.25, 0.3) is 6.08 Å². The van der Waals surface area contributed by atoms with E-state index in [1.165, 1.54) is 5.56 Å². The van der Waals surface area contributed by atoms with Gasteiger partial charge in [0.1, 0.15) is 0 Å². The first-order chi connectivity index (χ1) is 9.19. The van der Waals surface area contributed by atoms with Gasteiger partial charge in [-0.2, -0.15) is 0 Å². The van der Waals surface area contributed by atoms with Crippen LogP contribution in [0.5, 0.6) is 0 Å². The predicted octanol–water partition coefficient (Wildman–Crippen LogP) is 3.71. The number of aldehydes is 1. The fourth-order valence-corrected chi connectivity index (χ4v) is 1.50. The minimum absolute atomic E-state index is 0.308. The van der Waals surface area contributed by atoms with E-state index in [1.54, 1.807) is 30.3 Å². The van der Waals surface area contributed by atoms with E-state index in [2.05, 4.69) is 25.6 Å². The van der Waals surface area contributed by atoms with Crippen molar-refractivity contribution in [2.45, 2.75) is 6.92 Å². The van der Waals surface area contributed by atoms with Gasteiger partial charge in [0.05, 0.1) is 0 Å². The van der Waals surface area contributed by atoms with Crippen LogP contribution in [0.15, 0.2) is 61.2 Å². The third kappa shape index (κ3) is 4.72. The molecule has 0 bridgehead atoms. The molecular formula is C17H16O2. The molecule has 0 aromatic heterocycles. The Hall–Kier alpha value is -2.48. The van der Waals surface area contributed by atoms with Crippen LogP contribution in [-0.2, 0) is 4.79 Å². The van der Waals surface area contributed by atoms with E-state index in [-0.39, 0.29) is 0 Å². The van der Waals surface area contributed by atoms with Gasteiger partial charge in [-0.1, -0.05) is 72.8 Å². The predicted molar refractivity (Wildman–Crippen MR) is 78.1 cm³/mol. The summed E-state index contributed by atoms with van der Waals surface area (Å²) in [5.41, 5.74) is 2.42. The fourth-order valence-electron chi connectivity index (χ4n) is 1.50. The van der Waals surface area contributed by atoms with Crippen LogP contribution in [0, 0.1) is 6.92 Å². The number of ketones is 1. The number of benzene rings is 2. The third-order valence-corrected chi connectivity index (χ3v) is 2.49. The van der Waals surface area contributed by atoms with Crippen molar-refractivity contribution in [3.8, 4) is 0 Å². The lowest BCUT2D eigenvalue weighted by molar-refractivity contribution is -0.104. The number of hydrogen-bond acceptors (Lipinski definition) is 2. The summed E-state index contributed by atoms with van der Waals surface area (Å²) in [5.74, 6) is -0.509. The Kier molecular flexibility index (Phi) is 5.96. The highest BCUT2D eigenvalue weighted by atomic mass is 16.2. The molecule has 0 fully saturated rings. The molecule has 0 spiro atoms. The van der Waals surface area contributed by atoms with Gasteiger partial charge < -0.3 is 0 Å². The van der Waals surface area contributed by atoms with Gasteiger partial charge in [0.2, 0.25) is 5.78 Å². The number of hydrogen-bond donors (Lipinski definition) is 0. The molecule has 2 heteroatoms. The monoisotopic (exact) mass is 252 g/mol. The first-order valence-corrected chi connectivity index (χ1v) is 5.91. The van der Waals surface area contributed by atoms with Crippen molar-refractivity contribution in [3.05, 3.63) is 77.9 Å². The van der Waals surface area contributed by atoms with E-state index < -0.39 is 5.78 Å². The summed E-state index contributed by atoms with van der Waals surface area (Å²) >= 11 is 0. The second-order valence-electron chi connectivity index (χ2n) is 3.93. The second-order valence-corrected chi connectivity index (χ2v) is 3.93. The SMILES string of the molecule is C=Cc1ccccc1C(=O)C=O.Cc1ccccc1. The zero-order valence-electron chi connectivity index (χ0n) is 10.9. The van der Waals surface area contributed by atoms with Crippen molar-refractivity contribution >= 4 is 18.1 Å². The lowest BCUT2D eigenvalue weighted by Gasteiger charge is -1.98. The van der Waals surface area contributed by atoms with Crippen LogP contribution < -0.4 is 0 Å². The first-order valence-electron chi connectivity index (χ1n) is 5.91. The quantitative estimate of drug-likeness (QED) is 0.474. The average Bonchev–Trinajstić information content (AvgIpc) is 2.48. The van der Waals surface area contributed by atoms with E-state index in [1.807, 2.05) is 18.2 Å². The maximum absolute atomic E-state index is 11.0. The number of carbonyl (C=O) groups excluding carboxylic acids is 2. The molecule has 2 rings (SSSR count). The molecule has 0 N–H and O–H groups in total. The Morgan fingerprint density at radius 2 is 1.58 bits per heavy atom. The molecule has 2 nitrogen and oxygen atoms in total. The van der Waals surface area contributed by atoms with Crippen LogP contribution in [0.2, 0.25) is 0 Å². The van der Waals surface area contributed by atoms with Crippen molar-refractivity contribution in [2.75, 3.05) is 0 Å². The van der Waals surface area contributed by atoms with Crippen molar-refractivity contribution < 1.29 is 9.59 Å². The van der Waals surface area contributed by atoms with E-state index in [9.17, 15) is 9.59 Å². The van der Waals surface area contributed by atoms with Crippen molar-refractivity contribution in [1.82, 2.24) is 0 Å². The second kappa shape index (κ2) is 7.77. The van der Waals surface area contributed by atoms with Crippen LogP contribution in [0.3, 0.4) is 0 Å². The summed E-state index contributed by atoms with van der Waals surface area (Å²) in [4.78, 5) is 21.2. The summed E-state index contributed by atoms with van der Waals surface area (Å²) in [6.45, 7) is 5.62. The van der Waals surface area contributed by atoms with E-state index in [0.29, 0.717) is 17.4 Å². The highest BCUT2D eigenvalue weighted by Gasteiger charge is 2.05. The molecule has 0 unspecified atom stereocenters. The van der Waals surface area contributed by atoms with Crippen LogP contribution in [0.1, 0.15) is 21.5 Å². The van der Waals surface area contributed by atoms with Gasteiger partial charge >= 0.3 is 0 Å². The van der Waals surface area contributed by atoms with Gasteiger partial charge in [0, 0.05) is 5.56 Å². The van der Waals surface area contributed by atoms with E-state index >= 15 is 0 Å². The maximum Gasteiger partial charge on any atom is 0.225 e. The van der Waals surface area contributed by atoms with E-state index in [0.717, 1.165) is 0 Å². The van der Waals surface area contributed by atoms with Gasteiger partial charge in [0.25, 0.3) is 0 Å². The highest BCUT2D eigenvalue weighted by molar-refractivity contribution is 6.34. The molecule has 0 saturated heterocycles. The Morgan fingerprint density at radius 3 is 2.05 bits per heavy atom. The smallest absolute Gasteiger partial charge is 0.225 e. The maximum atomic E-state index is 11.0. The molecule has 0 heterocycles. The largest absolute Gasteiger partial charge is 0.294 e. The number of Topliss-reactive ketones (excluding diaryl/α,β-unsaturated/α-hetero) is 1. The van der Waals surface area contributed by atoms with Gasteiger partial charge in [-0.15, -0.1) is 0 Å². The van der Waals surface area contributed by atoms with Crippen LogP contribution >= 0.6 is 0 Å². The van der Waals surface area contributed by atoms with Crippen molar-refractivity contribution in [2.24, 2.45) is 0 Å². The molecule has 2 aromatic rings. The van der Waals surface area contributed by atoms with Crippen LogP contribution in [-0.4, -0.2) is 12.1 Å². The zero-order chi connectivity index (χ0) is 14.1. The third-order valence-electron chi connectivity index (χ3n) is 2.49. The molecule has 0 aliphatic heterocycles. The molecule has 0 amide bonds.